The highest BCUT2D eigenvalue weighted by atomic mass is 32.1. The van der Waals surface area contributed by atoms with Gasteiger partial charge in [-0.05, 0) is 71.4 Å². The van der Waals surface area contributed by atoms with Gasteiger partial charge in [0.25, 0.3) is 0 Å². The fourth-order valence-corrected chi connectivity index (χ4v) is 5.15. The summed E-state index contributed by atoms with van der Waals surface area (Å²) in [5.41, 5.74) is 2.30. The third-order valence-corrected chi connectivity index (χ3v) is 7.21. The Morgan fingerprint density at radius 3 is 2.81 bits per heavy atom. The number of fused-ring (bicyclic) bond motifs is 2. The van der Waals surface area contributed by atoms with Crippen molar-refractivity contribution in [3.8, 4) is 0 Å². The van der Waals surface area contributed by atoms with Gasteiger partial charge in [0, 0.05) is 6.54 Å². The molecule has 0 saturated heterocycles. The number of ether oxygens (including phenoxy) is 1. The van der Waals surface area contributed by atoms with Gasteiger partial charge in [-0.1, -0.05) is 20.8 Å². The zero-order chi connectivity index (χ0) is 14.9. The fraction of sp³-hybridized carbons (Fsp3) is 0.778. The molecule has 21 heavy (non-hydrogen) atoms. The van der Waals surface area contributed by atoms with Gasteiger partial charge in [-0.15, -0.1) is 0 Å². The zero-order valence-corrected chi connectivity index (χ0v) is 14.5. The van der Waals surface area contributed by atoms with E-state index in [1.807, 2.05) is 0 Å². The number of nitrogens with one attached hydrogen (secondary N) is 1. The minimum atomic E-state index is 0.397. The Hall–Kier alpha value is -0.380. The van der Waals surface area contributed by atoms with Crippen molar-refractivity contribution in [1.29, 1.82) is 0 Å². The summed E-state index contributed by atoms with van der Waals surface area (Å²) in [6.07, 6.45) is 5.63. The van der Waals surface area contributed by atoms with E-state index in [4.69, 9.17) is 4.74 Å². The van der Waals surface area contributed by atoms with Crippen LogP contribution in [0.4, 0.5) is 0 Å². The molecule has 1 heterocycles. The van der Waals surface area contributed by atoms with Crippen LogP contribution in [0.3, 0.4) is 0 Å². The average molecular weight is 308 g/mol. The van der Waals surface area contributed by atoms with Crippen LogP contribution in [0.5, 0.6) is 0 Å². The number of hydrogen-bond donors (Lipinski definition) is 1. The van der Waals surface area contributed by atoms with Crippen molar-refractivity contribution in [2.24, 2.45) is 16.7 Å². The van der Waals surface area contributed by atoms with E-state index >= 15 is 0 Å². The van der Waals surface area contributed by atoms with E-state index in [1.54, 1.807) is 11.3 Å². The van der Waals surface area contributed by atoms with Crippen molar-refractivity contribution in [3.63, 3.8) is 0 Å². The molecule has 2 saturated carbocycles. The Balaban J connectivity index is 1.35. The second-order valence-corrected chi connectivity index (χ2v) is 8.38. The van der Waals surface area contributed by atoms with Crippen molar-refractivity contribution < 1.29 is 4.74 Å². The van der Waals surface area contributed by atoms with Crippen LogP contribution in [0.2, 0.25) is 0 Å². The molecule has 118 valence electrons. The first-order valence-electron chi connectivity index (χ1n) is 8.37. The topological polar surface area (TPSA) is 21.3 Å². The van der Waals surface area contributed by atoms with E-state index in [0.29, 0.717) is 16.9 Å². The summed E-state index contributed by atoms with van der Waals surface area (Å²) in [4.78, 5) is 0. The maximum Gasteiger partial charge on any atom is 0.0637 e. The maximum atomic E-state index is 6.25. The summed E-state index contributed by atoms with van der Waals surface area (Å²) in [5.74, 6) is 0.874. The first-order chi connectivity index (χ1) is 10.0. The lowest BCUT2D eigenvalue weighted by atomic mass is 9.70. The Labute approximate surface area is 133 Å². The molecule has 0 radical (unpaired) electrons. The largest absolute Gasteiger partial charge is 0.376 e. The van der Waals surface area contributed by atoms with Gasteiger partial charge in [0.05, 0.1) is 12.7 Å². The lowest BCUT2D eigenvalue weighted by molar-refractivity contribution is -0.0449. The normalized spacial score (nSPS) is 33.7. The molecular formula is C18H29NOS. The predicted octanol–water partition coefficient (Wildman–Crippen LogP) is 4.11. The van der Waals surface area contributed by atoms with Crippen molar-refractivity contribution >= 4 is 11.3 Å². The lowest BCUT2D eigenvalue weighted by Crippen LogP contribution is -2.38. The second-order valence-electron chi connectivity index (χ2n) is 7.60. The van der Waals surface area contributed by atoms with E-state index in [9.17, 15) is 0 Å². The van der Waals surface area contributed by atoms with E-state index in [1.165, 1.54) is 24.8 Å². The maximum absolute atomic E-state index is 6.25. The fourth-order valence-electron chi connectivity index (χ4n) is 4.45. The molecule has 3 unspecified atom stereocenters. The molecule has 2 fully saturated rings. The second kappa shape index (κ2) is 6.02. The van der Waals surface area contributed by atoms with Crippen LogP contribution < -0.4 is 5.32 Å². The summed E-state index contributed by atoms with van der Waals surface area (Å²) in [5, 5.41) is 7.89. The Morgan fingerprint density at radius 1 is 1.33 bits per heavy atom. The summed E-state index contributed by atoms with van der Waals surface area (Å²) >= 11 is 1.78. The van der Waals surface area contributed by atoms with Crippen molar-refractivity contribution in [3.05, 3.63) is 22.4 Å². The van der Waals surface area contributed by atoms with Gasteiger partial charge in [-0.3, -0.25) is 0 Å². The minimum Gasteiger partial charge on any atom is -0.376 e. The molecule has 2 aliphatic carbocycles. The van der Waals surface area contributed by atoms with Crippen molar-refractivity contribution in [1.82, 2.24) is 5.32 Å². The van der Waals surface area contributed by atoms with Crippen LogP contribution in [-0.2, 0) is 11.2 Å². The van der Waals surface area contributed by atoms with E-state index in [2.05, 4.69) is 42.9 Å². The predicted molar refractivity (Wildman–Crippen MR) is 89.9 cm³/mol. The van der Waals surface area contributed by atoms with Gasteiger partial charge < -0.3 is 10.1 Å². The quantitative estimate of drug-likeness (QED) is 0.765. The van der Waals surface area contributed by atoms with Gasteiger partial charge in [-0.2, -0.15) is 11.3 Å². The van der Waals surface area contributed by atoms with Crippen LogP contribution >= 0.6 is 11.3 Å². The lowest BCUT2D eigenvalue weighted by Gasteiger charge is -2.38. The molecule has 0 amide bonds. The summed E-state index contributed by atoms with van der Waals surface area (Å²) in [6, 6.07) is 2.21. The highest BCUT2D eigenvalue weighted by molar-refractivity contribution is 7.07. The van der Waals surface area contributed by atoms with Gasteiger partial charge in [0.15, 0.2) is 0 Å². The molecule has 1 aromatic rings. The van der Waals surface area contributed by atoms with Gasteiger partial charge in [0.2, 0.25) is 0 Å². The molecule has 2 aliphatic rings. The van der Waals surface area contributed by atoms with Crippen molar-refractivity contribution in [2.75, 3.05) is 19.7 Å². The number of thiophene rings is 1. The average Bonchev–Trinajstić information content (AvgIpc) is 3.08. The van der Waals surface area contributed by atoms with Crippen LogP contribution in [0, 0.1) is 16.7 Å². The minimum absolute atomic E-state index is 0.397. The molecule has 0 aliphatic heterocycles. The van der Waals surface area contributed by atoms with Gasteiger partial charge in [-0.25, -0.2) is 0 Å². The van der Waals surface area contributed by atoms with Crippen LogP contribution in [0.1, 0.15) is 45.6 Å². The monoisotopic (exact) mass is 307 g/mol. The van der Waals surface area contributed by atoms with E-state index in [0.717, 1.165) is 32.0 Å². The summed E-state index contributed by atoms with van der Waals surface area (Å²) in [6.45, 7) is 10.2. The first kappa shape index (κ1) is 15.5. The first-order valence-corrected chi connectivity index (χ1v) is 9.32. The molecule has 3 heteroatoms. The molecule has 1 N–H and O–H groups in total. The Morgan fingerprint density at radius 2 is 2.19 bits per heavy atom. The third-order valence-electron chi connectivity index (χ3n) is 6.48. The number of rotatable bonds is 7. The highest BCUT2D eigenvalue weighted by Gasteiger charge is 2.61. The molecule has 2 nitrogen and oxygen atoms in total. The molecular weight excluding hydrogens is 278 g/mol. The summed E-state index contributed by atoms with van der Waals surface area (Å²) in [7, 11) is 0. The molecule has 3 atom stereocenters. The van der Waals surface area contributed by atoms with Gasteiger partial charge >= 0.3 is 0 Å². The van der Waals surface area contributed by atoms with Crippen molar-refractivity contribution in [2.45, 2.75) is 52.6 Å². The SMILES string of the molecule is CC1(C)C2CCC1(C)C(OCCNCCc1ccsc1)C2. The van der Waals surface area contributed by atoms with Crippen LogP contribution in [0.15, 0.2) is 16.8 Å². The smallest absolute Gasteiger partial charge is 0.0637 e. The summed E-state index contributed by atoms with van der Waals surface area (Å²) < 4.78 is 6.25. The molecule has 2 bridgehead atoms. The highest BCUT2D eigenvalue weighted by Crippen LogP contribution is 2.66. The Kier molecular flexibility index (Phi) is 4.45. The third kappa shape index (κ3) is 2.80. The molecule has 0 aromatic carbocycles. The van der Waals surface area contributed by atoms with E-state index < -0.39 is 0 Å². The van der Waals surface area contributed by atoms with E-state index in [-0.39, 0.29) is 0 Å². The van der Waals surface area contributed by atoms with Crippen LogP contribution in [-0.4, -0.2) is 25.8 Å². The van der Waals surface area contributed by atoms with Gasteiger partial charge in [0.1, 0.15) is 0 Å². The zero-order valence-electron chi connectivity index (χ0n) is 13.7. The molecule has 0 spiro atoms. The molecule has 1 aromatic heterocycles. The number of hydrogen-bond acceptors (Lipinski definition) is 3. The Bertz CT molecular complexity index is 456. The standard InChI is InChI=1S/C18H29NOS/c1-17(2)15-4-7-18(17,3)16(12-15)20-10-9-19-8-5-14-6-11-21-13-14/h6,11,13,15-16,19H,4-5,7-10,12H2,1-3H3. The molecule has 3 rings (SSSR count). The van der Waals surface area contributed by atoms with Crippen LogP contribution in [0.25, 0.3) is 0 Å².